The summed E-state index contributed by atoms with van der Waals surface area (Å²) < 4.78 is 17.4. The third kappa shape index (κ3) is 4.15. The molecule has 182 valence electrons. The van der Waals surface area contributed by atoms with Gasteiger partial charge in [0.05, 0.1) is 17.2 Å². The fraction of sp³-hybridized carbons (Fsp3) is 0.269. The Morgan fingerprint density at radius 3 is 2.94 bits per heavy atom. The number of rotatable bonds is 5. The lowest BCUT2D eigenvalue weighted by atomic mass is 10.1. The molecule has 10 heteroatoms. The topological polar surface area (TPSA) is 93.2 Å². The number of aryl methyl sites for hydroxylation is 1. The number of pyridine rings is 1. The van der Waals surface area contributed by atoms with Crippen molar-refractivity contribution in [1.29, 1.82) is 0 Å². The first-order chi connectivity index (χ1) is 17.5. The summed E-state index contributed by atoms with van der Waals surface area (Å²) in [6.45, 7) is 3.51. The van der Waals surface area contributed by atoms with Gasteiger partial charge < -0.3 is 14.8 Å². The van der Waals surface area contributed by atoms with Crippen molar-refractivity contribution in [3.05, 3.63) is 72.7 Å². The predicted molar refractivity (Wildman–Crippen MR) is 134 cm³/mol. The van der Waals surface area contributed by atoms with Crippen LogP contribution in [0.15, 0.2) is 61.1 Å². The van der Waals surface area contributed by atoms with Crippen molar-refractivity contribution in [2.75, 3.05) is 18.4 Å². The minimum atomic E-state index is -0.359. The quantitative estimate of drug-likeness (QED) is 0.409. The largest absolute Gasteiger partial charge is 0.365 e. The SMILES string of the molecule is Cc1nc2ccccc2n1CC(=O)N1CCCC(Nc2ccnc(-c3cnc4ccc(F)cn34)n2)C1. The third-order valence-corrected chi connectivity index (χ3v) is 6.62. The number of hydrogen-bond acceptors (Lipinski definition) is 6. The summed E-state index contributed by atoms with van der Waals surface area (Å²) in [6, 6.07) is 12.7. The zero-order valence-electron chi connectivity index (χ0n) is 19.8. The number of carbonyl (C=O) groups excluding carboxylic acids is 1. The highest BCUT2D eigenvalue weighted by Gasteiger charge is 2.25. The van der Waals surface area contributed by atoms with E-state index in [-0.39, 0.29) is 24.3 Å². The number of likely N-dealkylation sites (tertiary alicyclic amines) is 1. The van der Waals surface area contributed by atoms with E-state index in [1.54, 1.807) is 28.9 Å². The molecule has 1 N–H and O–H groups in total. The second-order valence-corrected chi connectivity index (χ2v) is 9.04. The maximum Gasteiger partial charge on any atom is 0.242 e. The first kappa shape index (κ1) is 22.1. The number of fused-ring (bicyclic) bond motifs is 2. The van der Waals surface area contributed by atoms with Gasteiger partial charge in [0.25, 0.3) is 0 Å². The van der Waals surface area contributed by atoms with Crippen molar-refractivity contribution in [2.45, 2.75) is 32.4 Å². The van der Waals surface area contributed by atoms with Gasteiger partial charge in [-0.25, -0.2) is 24.3 Å². The second-order valence-electron chi connectivity index (χ2n) is 9.04. The molecule has 1 atom stereocenters. The van der Waals surface area contributed by atoms with Gasteiger partial charge >= 0.3 is 0 Å². The van der Waals surface area contributed by atoms with E-state index in [0.717, 1.165) is 36.2 Å². The maximum absolute atomic E-state index is 13.8. The zero-order chi connectivity index (χ0) is 24.6. The number of nitrogens with one attached hydrogen (secondary N) is 1. The Balaban J connectivity index is 1.17. The summed E-state index contributed by atoms with van der Waals surface area (Å²) in [5, 5.41) is 3.46. The van der Waals surface area contributed by atoms with Crippen molar-refractivity contribution in [1.82, 2.24) is 33.8 Å². The van der Waals surface area contributed by atoms with Crippen LogP contribution in [0.1, 0.15) is 18.7 Å². The molecular formula is C26H25FN8O. The standard InChI is InChI=1S/C26H25FN8O/c1-17-30-20-6-2-3-7-21(20)34(17)16-25(36)33-12-4-5-19(15-33)31-23-10-11-28-26(32-23)22-13-29-24-9-8-18(27)14-35(22)24/h2-3,6-11,13-14,19H,4-5,12,15-16H2,1H3,(H,28,31,32). The van der Waals surface area contributed by atoms with Crippen LogP contribution in [0, 0.1) is 12.7 Å². The normalized spacial score (nSPS) is 16.1. The molecule has 1 saturated heterocycles. The fourth-order valence-electron chi connectivity index (χ4n) is 4.84. The van der Waals surface area contributed by atoms with Crippen LogP contribution in [0.25, 0.3) is 28.2 Å². The van der Waals surface area contributed by atoms with E-state index in [1.165, 1.54) is 12.3 Å². The van der Waals surface area contributed by atoms with Crippen LogP contribution in [-0.4, -0.2) is 58.8 Å². The molecule has 36 heavy (non-hydrogen) atoms. The molecule has 1 aliphatic rings. The number of aromatic nitrogens is 6. The van der Waals surface area contributed by atoms with Gasteiger partial charge in [0.15, 0.2) is 5.82 Å². The van der Waals surface area contributed by atoms with Gasteiger partial charge in [0.1, 0.15) is 35.3 Å². The number of hydrogen-bond donors (Lipinski definition) is 1. The lowest BCUT2D eigenvalue weighted by molar-refractivity contribution is -0.132. The van der Waals surface area contributed by atoms with E-state index in [1.807, 2.05) is 40.7 Å². The van der Waals surface area contributed by atoms with Crippen LogP contribution in [0.3, 0.4) is 0 Å². The number of imidazole rings is 2. The van der Waals surface area contributed by atoms with Gasteiger partial charge in [-0.3, -0.25) is 9.20 Å². The van der Waals surface area contributed by atoms with Gasteiger partial charge in [-0.05, 0) is 50.1 Å². The Morgan fingerprint density at radius 2 is 2.03 bits per heavy atom. The molecule has 0 radical (unpaired) electrons. The molecule has 0 spiro atoms. The van der Waals surface area contributed by atoms with Crippen LogP contribution < -0.4 is 5.32 Å². The molecule has 9 nitrogen and oxygen atoms in total. The van der Waals surface area contributed by atoms with Crippen molar-refractivity contribution in [3.63, 3.8) is 0 Å². The smallest absolute Gasteiger partial charge is 0.242 e. The van der Waals surface area contributed by atoms with Crippen LogP contribution in [0.2, 0.25) is 0 Å². The Hall–Kier alpha value is -4.34. The number of piperidine rings is 1. The van der Waals surface area contributed by atoms with Crippen LogP contribution in [-0.2, 0) is 11.3 Å². The number of carbonyl (C=O) groups is 1. The molecule has 6 rings (SSSR count). The molecule has 0 bridgehead atoms. The summed E-state index contributed by atoms with van der Waals surface area (Å²) >= 11 is 0. The number of benzene rings is 1. The summed E-state index contributed by atoms with van der Waals surface area (Å²) in [7, 11) is 0. The fourth-order valence-corrected chi connectivity index (χ4v) is 4.84. The van der Waals surface area contributed by atoms with Crippen molar-refractivity contribution >= 4 is 28.4 Å². The van der Waals surface area contributed by atoms with E-state index in [0.29, 0.717) is 29.5 Å². The van der Waals surface area contributed by atoms with E-state index >= 15 is 0 Å². The van der Waals surface area contributed by atoms with Crippen LogP contribution in [0.5, 0.6) is 0 Å². The lowest BCUT2D eigenvalue weighted by Gasteiger charge is -2.33. The van der Waals surface area contributed by atoms with Gasteiger partial charge in [-0.2, -0.15) is 0 Å². The third-order valence-electron chi connectivity index (χ3n) is 6.62. The van der Waals surface area contributed by atoms with E-state index in [9.17, 15) is 9.18 Å². The number of halogens is 1. The summed E-state index contributed by atoms with van der Waals surface area (Å²) in [5.41, 5.74) is 3.09. The predicted octanol–water partition coefficient (Wildman–Crippen LogP) is 3.69. The van der Waals surface area contributed by atoms with E-state index in [4.69, 9.17) is 0 Å². The number of anilines is 1. The molecule has 5 heterocycles. The molecule has 1 aromatic carbocycles. The molecule has 4 aromatic heterocycles. The van der Waals surface area contributed by atoms with Crippen LogP contribution in [0.4, 0.5) is 10.2 Å². The average Bonchev–Trinajstić information content (AvgIpc) is 3.44. The van der Waals surface area contributed by atoms with E-state index in [2.05, 4.69) is 25.3 Å². The summed E-state index contributed by atoms with van der Waals surface area (Å²) in [5.74, 6) is 1.65. The highest BCUT2D eigenvalue weighted by atomic mass is 19.1. The monoisotopic (exact) mass is 484 g/mol. The van der Waals surface area contributed by atoms with Gasteiger partial charge in [-0.1, -0.05) is 12.1 Å². The molecule has 1 unspecified atom stereocenters. The Bertz CT molecular complexity index is 1580. The molecule has 1 amide bonds. The number of nitrogens with zero attached hydrogens (tertiary/aromatic N) is 7. The first-order valence-electron chi connectivity index (χ1n) is 12.0. The van der Waals surface area contributed by atoms with Gasteiger partial charge in [-0.15, -0.1) is 0 Å². The van der Waals surface area contributed by atoms with Crippen LogP contribution >= 0.6 is 0 Å². The highest BCUT2D eigenvalue weighted by molar-refractivity contribution is 5.81. The molecule has 1 fully saturated rings. The number of para-hydroxylation sites is 2. The van der Waals surface area contributed by atoms with Gasteiger partial charge in [0, 0.05) is 31.5 Å². The Kier molecular flexibility index (Phi) is 5.55. The van der Waals surface area contributed by atoms with Crippen molar-refractivity contribution in [3.8, 4) is 11.5 Å². The maximum atomic E-state index is 13.8. The van der Waals surface area contributed by atoms with Crippen molar-refractivity contribution in [2.24, 2.45) is 0 Å². The summed E-state index contributed by atoms with van der Waals surface area (Å²) in [4.78, 5) is 33.0. The lowest BCUT2D eigenvalue weighted by Crippen LogP contribution is -2.46. The molecule has 1 aliphatic heterocycles. The Labute approximate surface area is 206 Å². The highest BCUT2D eigenvalue weighted by Crippen LogP contribution is 2.21. The second kappa shape index (κ2) is 9.03. The first-order valence-corrected chi connectivity index (χ1v) is 12.0. The van der Waals surface area contributed by atoms with E-state index < -0.39 is 0 Å². The minimum Gasteiger partial charge on any atom is -0.365 e. The average molecular weight is 485 g/mol. The van der Waals surface area contributed by atoms with Gasteiger partial charge in [0.2, 0.25) is 5.91 Å². The zero-order valence-corrected chi connectivity index (χ0v) is 19.8. The summed E-state index contributed by atoms with van der Waals surface area (Å²) in [6.07, 6.45) is 6.50. The minimum absolute atomic E-state index is 0.0608. The van der Waals surface area contributed by atoms with Crippen molar-refractivity contribution < 1.29 is 9.18 Å². The molecule has 0 aliphatic carbocycles. The molecule has 0 saturated carbocycles. The molecular weight excluding hydrogens is 459 g/mol. The Morgan fingerprint density at radius 1 is 1.14 bits per heavy atom. The number of amides is 1. The molecule has 5 aromatic rings.